The van der Waals surface area contributed by atoms with Crippen LogP contribution < -0.4 is 16.0 Å². The predicted molar refractivity (Wildman–Crippen MR) is 95.8 cm³/mol. The molecule has 2 amide bonds. The van der Waals surface area contributed by atoms with Crippen LogP contribution in [-0.2, 0) is 4.79 Å². The monoisotopic (exact) mass is 344 g/mol. The number of anilines is 3. The van der Waals surface area contributed by atoms with E-state index in [1.807, 2.05) is 30.3 Å². The molecule has 1 aromatic carbocycles. The second-order valence-electron chi connectivity index (χ2n) is 5.86. The second-order valence-corrected chi connectivity index (χ2v) is 6.83. The normalized spacial score (nSPS) is 14.5. The van der Waals surface area contributed by atoms with Gasteiger partial charge in [-0.25, -0.2) is 4.98 Å². The molecule has 126 valence electrons. The highest BCUT2D eigenvalue weighted by Crippen LogP contribution is 2.37. The molecule has 3 N–H and O–H groups in total. The maximum absolute atomic E-state index is 12.2. The average Bonchev–Trinajstić information content (AvgIpc) is 3.19. The van der Waals surface area contributed by atoms with Crippen LogP contribution in [0.5, 0.6) is 0 Å². The van der Waals surface area contributed by atoms with Crippen LogP contribution in [0.2, 0.25) is 0 Å². The molecule has 1 aliphatic rings. The van der Waals surface area contributed by atoms with Crippen molar-refractivity contribution in [1.29, 1.82) is 0 Å². The highest BCUT2D eigenvalue weighted by molar-refractivity contribution is 7.20. The first-order valence-corrected chi connectivity index (χ1v) is 8.80. The van der Waals surface area contributed by atoms with E-state index in [1.54, 1.807) is 4.90 Å². The number of para-hydroxylation sites is 1. The van der Waals surface area contributed by atoms with Gasteiger partial charge in [-0.3, -0.25) is 14.5 Å². The van der Waals surface area contributed by atoms with E-state index >= 15 is 0 Å². The molecule has 1 aliphatic carbocycles. The molecule has 24 heavy (non-hydrogen) atoms. The van der Waals surface area contributed by atoms with Gasteiger partial charge in [-0.15, -0.1) is 0 Å². The molecule has 3 rings (SSSR count). The van der Waals surface area contributed by atoms with Crippen molar-refractivity contribution in [2.45, 2.75) is 38.6 Å². The summed E-state index contributed by atoms with van der Waals surface area (Å²) < 4.78 is 0. The van der Waals surface area contributed by atoms with Gasteiger partial charge in [0.05, 0.1) is 0 Å². The van der Waals surface area contributed by atoms with E-state index in [1.165, 1.54) is 18.3 Å². The summed E-state index contributed by atoms with van der Waals surface area (Å²) in [4.78, 5) is 30.1. The molecule has 7 heteroatoms. The van der Waals surface area contributed by atoms with Crippen molar-refractivity contribution in [2.75, 3.05) is 10.2 Å². The molecule has 0 radical (unpaired) electrons. The minimum Gasteiger partial charge on any atom is -0.364 e. The van der Waals surface area contributed by atoms with Gasteiger partial charge in [0.25, 0.3) is 5.91 Å². The zero-order valence-corrected chi connectivity index (χ0v) is 14.3. The lowest BCUT2D eigenvalue weighted by molar-refractivity contribution is -0.117. The molecular formula is C17H20N4O2S. The largest absolute Gasteiger partial charge is 0.364 e. The third-order valence-electron chi connectivity index (χ3n) is 4.12. The zero-order chi connectivity index (χ0) is 17.1. The van der Waals surface area contributed by atoms with Crippen LogP contribution >= 0.6 is 11.3 Å². The van der Waals surface area contributed by atoms with Crippen molar-refractivity contribution in [3.8, 4) is 0 Å². The van der Waals surface area contributed by atoms with Gasteiger partial charge in [-0.2, -0.15) is 0 Å². The summed E-state index contributed by atoms with van der Waals surface area (Å²) in [5.74, 6) is -0.703. The zero-order valence-electron chi connectivity index (χ0n) is 13.5. The van der Waals surface area contributed by atoms with Crippen molar-refractivity contribution in [3.63, 3.8) is 0 Å². The van der Waals surface area contributed by atoms with Gasteiger partial charge >= 0.3 is 0 Å². The predicted octanol–water partition coefficient (Wildman–Crippen LogP) is 3.28. The van der Waals surface area contributed by atoms with E-state index in [9.17, 15) is 9.59 Å². The van der Waals surface area contributed by atoms with Crippen LogP contribution in [0.1, 0.15) is 43.1 Å². The Morgan fingerprint density at radius 1 is 1.25 bits per heavy atom. The molecule has 1 saturated carbocycles. The molecule has 1 heterocycles. The van der Waals surface area contributed by atoms with E-state index in [2.05, 4.69) is 10.3 Å². The van der Waals surface area contributed by atoms with E-state index in [4.69, 9.17) is 5.73 Å². The molecule has 0 bridgehead atoms. The molecule has 6 nitrogen and oxygen atoms in total. The van der Waals surface area contributed by atoms with Gasteiger partial charge in [0.1, 0.15) is 5.00 Å². The number of nitrogens with one attached hydrogen (secondary N) is 1. The number of hydrogen-bond acceptors (Lipinski definition) is 5. The third-order valence-corrected chi connectivity index (χ3v) is 5.09. The summed E-state index contributed by atoms with van der Waals surface area (Å²) in [5.41, 5.74) is 6.52. The number of carbonyl (C=O) groups excluding carboxylic acids is 2. The SMILES string of the molecule is CC(=O)N(c1sc(Nc2ccccc2)nc1C(N)=O)C1CCCC1. The first kappa shape index (κ1) is 16.4. The van der Waals surface area contributed by atoms with Gasteiger partial charge in [-0.1, -0.05) is 42.4 Å². The Morgan fingerprint density at radius 2 is 1.92 bits per heavy atom. The van der Waals surface area contributed by atoms with Gasteiger partial charge in [0.15, 0.2) is 10.8 Å². The van der Waals surface area contributed by atoms with Crippen molar-refractivity contribution in [3.05, 3.63) is 36.0 Å². The Balaban J connectivity index is 1.96. The van der Waals surface area contributed by atoms with Gasteiger partial charge in [0, 0.05) is 18.7 Å². The van der Waals surface area contributed by atoms with Crippen LogP contribution in [0.4, 0.5) is 15.8 Å². The highest BCUT2D eigenvalue weighted by atomic mass is 32.1. The number of primary amides is 1. The fraction of sp³-hybridized carbons (Fsp3) is 0.353. The van der Waals surface area contributed by atoms with E-state index < -0.39 is 5.91 Å². The first-order valence-electron chi connectivity index (χ1n) is 7.98. The van der Waals surface area contributed by atoms with Gasteiger partial charge in [-0.05, 0) is 25.0 Å². The Hall–Kier alpha value is -2.41. The summed E-state index contributed by atoms with van der Waals surface area (Å²) in [6.07, 6.45) is 4.07. The minimum absolute atomic E-state index is 0.0840. The molecule has 0 atom stereocenters. The van der Waals surface area contributed by atoms with Crippen LogP contribution in [0.15, 0.2) is 30.3 Å². The quantitative estimate of drug-likeness (QED) is 0.871. The maximum Gasteiger partial charge on any atom is 0.270 e. The summed E-state index contributed by atoms with van der Waals surface area (Å²) in [5, 5.41) is 4.26. The number of benzene rings is 1. The third kappa shape index (κ3) is 3.41. The molecular weight excluding hydrogens is 324 g/mol. The number of nitrogens with zero attached hydrogens (tertiary/aromatic N) is 2. The highest BCUT2D eigenvalue weighted by Gasteiger charge is 2.31. The van der Waals surface area contributed by atoms with Gasteiger partial charge < -0.3 is 11.1 Å². The van der Waals surface area contributed by atoms with Gasteiger partial charge in [0.2, 0.25) is 5.91 Å². The lowest BCUT2D eigenvalue weighted by atomic mass is 10.2. The lowest BCUT2D eigenvalue weighted by Crippen LogP contribution is -2.38. The van der Waals surface area contributed by atoms with Crippen molar-refractivity contribution in [1.82, 2.24) is 4.98 Å². The molecule has 1 fully saturated rings. The number of amides is 2. The lowest BCUT2D eigenvalue weighted by Gasteiger charge is -2.26. The summed E-state index contributed by atoms with van der Waals surface area (Å²) in [7, 11) is 0. The minimum atomic E-state index is -0.619. The fourth-order valence-electron chi connectivity index (χ4n) is 3.06. The Morgan fingerprint density at radius 3 is 2.50 bits per heavy atom. The van der Waals surface area contributed by atoms with Crippen molar-refractivity contribution in [2.24, 2.45) is 5.73 Å². The van der Waals surface area contributed by atoms with E-state index in [0.29, 0.717) is 10.1 Å². The van der Waals surface area contributed by atoms with E-state index in [-0.39, 0.29) is 17.6 Å². The molecule has 0 spiro atoms. The number of hydrogen-bond donors (Lipinski definition) is 2. The number of aromatic nitrogens is 1. The molecule has 2 aromatic rings. The van der Waals surface area contributed by atoms with Crippen molar-refractivity contribution < 1.29 is 9.59 Å². The second kappa shape index (κ2) is 7.00. The summed E-state index contributed by atoms with van der Waals surface area (Å²) >= 11 is 1.29. The fourth-order valence-corrected chi connectivity index (χ4v) is 4.17. The first-order chi connectivity index (χ1) is 11.6. The number of carbonyl (C=O) groups is 2. The smallest absolute Gasteiger partial charge is 0.270 e. The van der Waals surface area contributed by atoms with Crippen LogP contribution in [0, 0.1) is 0 Å². The summed E-state index contributed by atoms with van der Waals surface area (Å²) in [6, 6.07) is 9.67. The van der Waals surface area contributed by atoms with Crippen LogP contribution in [0.25, 0.3) is 0 Å². The Bertz CT molecular complexity index is 738. The molecule has 0 aliphatic heterocycles. The standard InChI is InChI=1S/C17H20N4O2S/c1-11(22)21(13-9-5-6-10-13)16-14(15(18)23)20-17(24-16)19-12-7-3-2-4-8-12/h2-4,7-8,13H,5-6,9-10H2,1H3,(H2,18,23)(H,19,20). The van der Waals surface area contributed by atoms with E-state index in [0.717, 1.165) is 31.4 Å². The van der Waals surface area contributed by atoms with Crippen LogP contribution in [-0.4, -0.2) is 22.8 Å². The maximum atomic E-state index is 12.2. The Kier molecular flexibility index (Phi) is 4.80. The topological polar surface area (TPSA) is 88.3 Å². The average molecular weight is 344 g/mol. The Labute approximate surface area is 144 Å². The van der Waals surface area contributed by atoms with Crippen LogP contribution in [0.3, 0.4) is 0 Å². The molecule has 1 aromatic heterocycles. The number of thiazole rings is 1. The number of nitrogens with two attached hydrogens (primary N) is 1. The molecule has 0 unspecified atom stereocenters. The van der Waals surface area contributed by atoms with Crippen molar-refractivity contribution >= 4 is 39.0 Å². The molecule has 0 saturated heterocycles. The number of rotatable bonds is 5. The summed E-state index contributed by atoms with van der Waals surface area (Å²) in [6.45, 7) is 1.52.